The number of ether oxygens (including phenoxy) is 2. The molecular formula is C35H41N7O7S. The number of amides is 3. The third-order valence-corrected chi connectivity index (χ3v) is 8.85. The summed E-state index contributed by atoms with van der Waals surface area (Å²) in [5.41, 5.74) is 3.18. The number of anilines is 2. The highest BCUT2D eigenvalue weighted by atomic mass is 32.2. The van der Waals surface area contributed by atoms with E-state index in [1.807, 2.05) is 30.0 Å². The summed E-state index contributed by atoms with van der Waals surface area (Å²) >= 11 is 0. The van der Waals surface area contributed by atoms with Gasteiger partial charge in [0.05, 0.1) is 36.2 Å². The number of hydrogen-bond acceptors (Lipinski definition) is 10. The minimum Gasteiger partial charge on any atom is -0.496 e. The number of carbonyl (C=O) groups is 3. The molecule has 1 aliphatic rings. The van der Waals surface area contributed by atoms with Gasteiger partial charge in [0, 0.05) is 45.2 Å². The monoisotopic (exact) mass is 703 g/mol. The average Bonchev–Trinajstić information content (AvgIpc) is 3.52. The third kappa shape index (κ3) is 8.84. The summed E-state index contributed by atoms with van der Waals surface area (Å²) in [6.45, 7) is 5.78. The number of fused-ring (bicyclic) bond motifs is 1. The van der Waals surface area contributed by atoms with Crippen molar-refractivity contribution in [2.24, 2.45) is 4.36 Å². The molecule has 0 spiro atoms. The fourth-order valence-electron chi connectivity index (χ4n) is 5.70. The molecule has 0 radical (unpaired) electrons. The van der Waals surface area contributed by atoms with Crippen molar-refractivity contribution in [2.75, 3.05) is 64.2 Å². The molecule has 1 aliphatic heterocycles. The molecule has 0 bridgehead atoms. The summed E-state index contributed by atoms with van der Waals surface area (Å²) in [7, 11) is 2.44. The van der Waals surface area contributed by atoms with Crippen LogP contribution in [0.4, 0.5) is 17.3 Å². The van der Waals surface area contributed by atoms with Crippen molar-refractivity contribution in [3.63, 3.8) is 0 Å². The lowest BCUT2D eigenvalue weighted by atomic mass is 10.1. The van der Waals surface area contributed by atoms with Crippen LogP contribution in [0.15, 0.2) is 59.0 Å². The lowest BCUT2D eigenvalue weighted by Gasteiger charge is -2.32. The zero-order valence-corrected chi connectivity index (χ0v) is 29.4. The molecule has 4 aromatic rings. The summed E-state index contributed by atoms with van der Waals surface area (Å²) in [5, 5.41) is 2.78. The molecule has 2 heterocycles. The quantitative estimate of drug-likeness (QED) is 0.186. The molecule has 1 aromatic heterocycles. The standard InChI is InChI=1S/C35H41N7O7S/c1-23-12-15-28(30(21-23)49-20-7-5-6-11-31(43)42-18-16-40(2)17-19-42)41(3)34(45)24-13-14-25(29(22-24)48-4)33(44)36-26-9-8-10-27-32(26)38-35(37-27)39-50(46)47/h8-10,12-15,21-22H,5-7,11,16-20H2,1-4H3,(H,36,44)(H,37,38). The number of nitrogens with one attached hydrogen (secondary N) is 2. The Morgan fingerprint density at radius 2 is 1.78 bits per heavy atom. The Morgan fingerprint density at radius 1 is 1.00 bits per heavy atom. The van der Waals surface area contributed by atoms with Crippen LogP contribution in [0.2, 0.25) is 0 Å². The second kappa shape index (κ2) is 16.4. The number of carbonyl (C=O) groups excluding carboxylic acids is 3. The van der Waals surface area contributed by atoms with Crippen LogP contribution in [0, 0.1) is 6.92 Å². The highest BCUT2D eigenvalue weighted by Gasteiger charge is 2.22. The zero-order chi connectivity index (χ0) is 35.8. The van der Waals surface area contributed by atoms with Crippen molar-refractivity contribution >= 4 is 56.6 Å². The molecule has 1 fully saturated rings. The first-order valence-electron chi connectivity index (χ1n) is 16.3. The maximum atomic E-state index is 13.7. The first-order chi connectivity index (χ1) is 24.0. The van der Waals surface area contributed by atoms with Gasteiger partial charge in [-0.3, -0.25) is 14.4 Å². The molecule has 1 saturated heterocycles. The average molecular weight is 704 g/mol. The number of aryl methyl sites for hydroxylation is 1. The Bertz CT molecular complexity index is 2010. The van der Waals surface area contributed by atoms with Crippen molar-refractivity contribution in [1.29, 1.82) is 0 Å². The number of unbranched alkanes of at least 4 members (excludes halogenated alkanes) is 2. The van der Waals surface area contributed by atoms with Crippen molar-refractivity contribution < 1.29 is 32.3 Å². The van der Waals surface area contributed by atoms with E-state index < -0.39 is 16.4 Å². The highest BCUT2D eigenvalue weighted by molar-refractivity contribution is 7.61. The second-order valence-corrected chi connectivity index (χ2v) is 12.7. The number of aromatic amines is 1. The van der Waals surface area contributed by atoms with Gasteiger partial charge in [0.25, 0.3) is 11.8 Å². The summed E-state index contributed by atoms with van der Waals surface area (Å²) in [6, 6.07) is 15.1. The molecule has 50 heavy (non-hydrogen) atoms. The number of benzene rings is 3. The first kappa shape index (κ1) is 36.0. The fourth-order valence-corrected chi connectivity index (χ4v) is 5.93. The molecule has 2 N–H and O–H groups in total. The zero-order valence-electron chi connectivity index (χ0n) is 28.6. The number of methoxy groups -OCH3 is 1. The molecule has 14 nitrogen and oxygen atoms in total. The Hall–Kier alpha value is -5.28. The minimum absolute atomic E-state index is 0.119. The molecule has 0 unspecified atom stereocenters. The second-order valence-electron chi connectivity index (χ2n) is 12.1. The van der Waals surface area contributed by atoms with Crippen LogP contribution >= 0.6 is 0 Å². The van der Waals surface area contributed by atoms with Gasteiger partial charge in [0.15, 0.2) is 0 Å². The van der Waals surface area contributed by atoms with E-state index in [1.54, 1.807) is 31.3 Å². The largest absolute Gasteiger partial charge is 0.496 e. The summed E-state index contributed by atoms with van der Waals surface area (Å²) < 4.78 is 37.0. The van der Waals surface area contributed by atoms with Gasteiger partial charge in [-0.15, -0.1) is 0 Å². The van der Waals surface area contributed by atoms with Crippen LogP contribution in [0.5, 0.6) is 11.5 Å². The van der Waals surface area contributed by atoms with Gasteiger partial charge in [-0.05, 0) is 81.3 Å². The molecule has 15 heteroatoms. The smallest absolute Gasteiger partial charge is 0.319 e. The van der Waals surface area contributed by atoms with E-state index >= 15 is 0 Å². The van der Waals surface area contributed by atoms with Crippen molar-refractivity contribution in [1.82, 2.24) is 19.8 Å². The number of likely N-dealkylation sites (N-methyl/N-ethyl adjacent to an activating group) is 1. The number of aromatic nitrogens is 2. The lowest BCUT2D eigenvalue weighted by Crippen LogP contribution is -2.47. The molecule has 3 aromatic carbocycles. The van der Waals surface area contributed by atoms with Gasteiger partial charge in [-0.2, -0.15) is 8.42 Å². The number of piperazine rings is 1. The van der Waals surface area contributed by atoms with E-state index in [4.69, 9.17) is 9.47 Å². The maximum Gasteiger partial charge on any atom is 0.319 e. The van der Waals surface area contributed by atoms with Crippen molar-refractivity contribution in [3.8, 4) is 11.5 Å². The predicted octanol–water partition coefficient (Wildman–Crippen LogP) is 4.82. The third-order valence-electron chi connectivity index (χ3n) is 8.53. The molecule has 5 rings (SSSR count). The Morgan fingerprint density at radius 3 is 2.52 bits per heavy atom. The van der Waals surface area contributed by atoms with Crippen LogP contribution in [0.1, 0.15) is 52.0 Å². The van der Waals surface area contributed by atoms with Crippen LogP contribution in [0.3, 0.4) is 0 Å². The minimum atomic E-state index is -2.70. The van der Waals surface area contributed by atoms with Gasteiger partial charge in [-0.25, -0.2) is 4.98 Å². The topological polar surface area (TPSA) is 167 Å². The van der Waals surface area contributed by atoms with Gasteiger partial charge < -0.3 is 34.5 Å². The summed E-state index contributed by atoms with van der Waals surface area (Å²) in [5.74, 6) is -0.0113. The number of H-pyrrole nitrogens is 1. The van der Waals surface area contributed by atoms with E-state index in [2.05, 4.69) is 31.6 Å². The predicted molar refractivity (Wildman–Crippen MR) is 190 cm³/mol. The summed E-state index contributed by atoms with van der Waals surface area (Å²) in [6.07, 6.45) is 2.96. The Balaban J connectivity index is 1.21. The molecule has 0 aliphatic carbocycles. The van der Waals surface area contributed by atoms with E-state index in [-0.39, 0.29) is 29.1 Å². The Labute approximate surface area is 292 Å². The number of para-hydroxylation sites is 1. The van der Waals surface area contributed by atoms with Crippen molar-refractivity contribution in [3.05, 3.63) is 71.3 Å². The Kier molecular flexibility index (Phi) is 11.8. The molecule has 0 atom stereocenters. The maximum absolute atomic E-state index is 13.7. The van der Waals surface area contributed by atoms with Crippen LogP contribution in [0.25, 0.3) is 11.0 Å². The van der Waals surface area contributed by atoms with Crippen LogP contribution in [-0.2, 0) is 15.3 Å². The van der Waals surface area contributed by atoms with Gasteiger partial charge >= 0.3 is 10.5 Å². The fraction of sp³-hybridized carbons (Fsp3) is 0.371. The normalized spacial score (nSPS) is 13.2. The highest BCUT2D eigenvalue weighted by Crippen LogP contribution is 2.32. The number of nitrogens with zero attached hydrogens (tertiary/aromatic N) is 5. The van der Waals surface area contributed by atoms with Crippen LogP contribution in [-0.4, -0.2) is 99.9 Å². The number of rotatable bonds is 13. The molecule has 3 amide bonds. The lowest BCUT2D eigenvalue weighted by molar-refractivity contribution is -0.132. The van der Waals surface area contributed by atoms with Crippen LogP contribution < -0.4 is 19.7 Å². The number of hydrogen-bond donors (Lipinski definition) is 2. The molecule has 0 saturated carbocycles. The van der Waals surface area contributed by atoms with Gasteiger partial charge in [-0.1, -0.05) is 16.5 Å². The van der Waals surface area contributed by atoms with Gasteiger partial charge in [0.1, 0.15) is 17.0 Å². The van der Waals surface area contributed by atoms with E-state index in [9.17, 15) is 22.8 Å². The summed E-state index contributed by atoms with van der Waals surface area (Å²) in [4.78, 5) is 52.1. The van der Waals surface area contributed by atoms with E-state index in [1.165, 1.54) is 24.1 Å². The first-order valence-corrected chi connectivity index (χ1v) is 17.3. The van der Waals surface area contributed by atoms with E-state index in [0.29, 0.717) is 46.7 Å². The SMILES string of the molecule is COc1cc(C(=O)N(C)c2ccc(C)cc2OCCCCCC(=O)N2CCN(C)CC2)ccc1C(=O)Nc1cccc2[nH]c(N=S(=O)=O)nc12. The number of imidazole rings is 1. The molecule has 264 valence electrons. The van der Waals surface area contributed by atoms with E-state index in [0.717, 1.165) is 51.0 Å². The molecular weight excluding hydrogens is 662 g/mol. The van der Waals surface area contributed by atoms with Crippen molar-refractivity contribution in [2.45, 2.75) is 32.6 Å². The van der Waals surface area contributed by atoms with Gasteiger partial charge in [0.2, 0.25) is 11.9 Å².